The predicted octanol–water partition coefficient (Wildman–Crippen LogP) is 0.401. The van der Waals surface area contributed by atoms with Crippen molar-refractivity contribution in [2.75, 3.05) is 19.8 Å². The van der Waals surface area contributed by atoms with Crippen LogP contribution in [0.1, 0.15) is 23.3 Å². The third-order valence-corrected chi connectivity index (χ3v) is 3.18. The third kappa shape index (κ3) is 2.95. The number of carbonyl (C=O) groups excluding carboxylic acids is 1. The lowest BCUT2D eigenvalue weighted by Crippen LogP contribution is -2.54. The van der Waals surface area contributed by atoms with Crippen molar-refractivity contribution in [2.45, 2.75) is 18.4 Å². The van der Waals surface area contributed by atoms with Gasteiger partial charge in [0.15, 0.2) is 0 Å². The number of nitrogens with one attached hydrogen (secondary N) is 1. The van der Waals surface area contributed by atoms with E-state index in [1.807, 2.05) is 0 Å². The van der Waals surface area contributed by atoms with Crippen LogP contribution in [-0.2, 0) is 4.74 Å². The molecule has 18 heavy (non-hydrogen) atoms. The van der Waals surface area contributed by atoms with Gasteiger partial charge in [-0.15, -0.1) is 0 Å². The highest BCUT2D eigenvalue weighted by Gasteiger charge is 2.34. The number of rotatable bonds is 3. The van der Waals surface area contributed by atoms with Gasteiger partial charge >= 0.3 is 0 Å². The Kier molecular flexibility index (Phi) is 4.11. The van der Waals surface area contributed by atoms with Crippen LogP contribution < -0.4 is 5.32 Å². The number of carbonyl (C=O) groups is 1. The van der Waals surface area contributed by atoms with Crippen LogP contribution in [0.5, 0.6) is 0 Å². The Morgan fingerprint density at radius 1 is 1.44 bits per heavy atom. The molecule has 0 radical (unpaired) electrons. The maximum atomic E-state index is 12.0. The van der Waals surface area contributed by atoms with Crippen molar-refractivity contribution in [2.24, 2.45) is 0 Å². The van der Waals surface area contributed by atoms with Crippen LogP contribution in [0.15, 0.2) is 12.4 Å². The molecule has 98 valence electrons. The maximum Gasteiger partial charge on any atom is 0.271 e. The molecule has 2 N–H and O–H groups in total. The van der Waals surface area contributed by atoms with E-state index in [0.29, 0.717) is 26.1 Å². The fourth-order valence-electron chi connectivity index (χ4n) is 1.82. The van der Waals surface area contributed by atoms with Gasteiger partial charge in [-0.05, 0) is 12.8 Å². The van der Waals surface area contributed by atoms with Gasteiger partial charge in [0.1, 0.15) is 10.8 Å². The number of aliphatic hydroxyl groups is 1. The predicted molar refractivity (Wildman–Crippen MR) is 64.4 cm³/mol. The molecule has 0 spiro atoms. The summed E-state index contributed by atoms with van der Waals surface area (Å²) in [5, 5.41) is 12.5. The molecular formula is C11H14ClN3O3. The van der Waals surface area contributed by atoms with E-state index in [1.54, 1.807) is 0 Å². The van der Waals surface area contributed by atoms with Crippen LogP contribution in [0.4, 0.5) is 0 Å². The van der Waals surface area contributed by atoms with Crippen molar-refractivity contribution in [3.05, 3.63) is 23.2 Å². The minimum atomic E-state index is -0.628. The zero-order valence-corrected chi connectivity index (χ0v) is 10.5. The van der Waals surface area contributed by atoms with E-state index >= 15 is 0 Å². The maximum absolute atomic E-state index is 12.0. The first-order valence-electron chi connectivity index (χ1n) is 5.64. The van der Waals surface area contributed by atoms with Gasteiger partial charge in [-0.3, -0.25) is 4.79 Å². The van der Waals surface area contributed by atoms with Crippen LogP contribution in [0.3, 0.4) is 0 Å². The second-order valence-electron chi connectivity index (χ2n) is 4.23. The summed E-state index contributed by atoms with van der Waals surface area (Å²) in [6, 6.07) is 0. The van der Waals surface area contributed by atoms with Gasteiger partial charge in [0.2, 0.25) is 0 Å². The summed E-state index contributed by atoms with van der Waals surface area (Å²) in [4.78, 5) is 19.7. The first kappa shape index (κ1) is 13.2. The molecule has 1 amide bonds. The molecule has 1 aliphatic heterocycles. The van der Waals surface area contributed by atoms with E-state index in [1.165, 1.54) is 12.4 Å². The summed E-state index contributed by atoms with van der Waals surface area (Å²) in [6.45, 7) is 0.920. The first-order valence-corrected chi connectivity index (χ1v) is 6.02. The molecule has 0 atom stereocenters. The van der Waals surface area contributed by atoms with Gasteiger partial charge < -0.3 is 15.2 Å². The van der Waals surface area contributed by atoms with Gasteiger partial charge in [-0.2, -0.15) is 0 Å². The number of aliphatic hydroxyl groups excluding tert-OH is 1. The molecule has 0 aliphatic carbocycles. The van der Waals surface area contributed by atoms with E-state index in [-0.39, 0.29) is 23.4 Å². The number of amides is 1. The fourth-order valence-corrected chi connectivity index (χ4v) is 1.92. The summed E-state index contributed by atoms with van der Waals surface area (Å²) < 4.78 is 5.22. The molecule has 6 nitrogen and oxygen atoms in total. The summed E-state index contributed by atoms with van der Waals surface area (Å²) in [5.41, 5.74) is -0.449. The number of aromatic nitrogens is 2. The molecule has 1 saturated heterocycles. The summed E-state index contributed by atoms with van der Waals surface area (Å²) >= 11 is 5.60. The van der Waals surface area contributed by atoms with Crippen molar-refractivity contribution < 1.29 is 14.6 Å². The van der Waals surface area contributed by atoms with Crippen molar-refractivity contribution in [1.29, 1.82) is 0 Å². The first-order chi connectivity index (χ1) is 8.65. The average molecular weight is 272 g/mol. The van der Waals surface area contributed by atoms with Gasteiger partial charge in [-0.25, -0.2) is 9.97 Å². The van der Waals surface area contributed by atoms with Crippen LogP contribution in [0, 0.1) is 0 Å². The molecule has 7 heteroatoms. The van der Waals surface area contributed by atoms with E-state index in [9.17, 15) is 9.90 Å². The second kappa shape index (κ2) is 5.60. The van der Waals surface area contributed by atoms with Gasteiger partial charge in [0.25, 0.3) is 5.91 Å². The molecule has 2 rings (SSSR count). The summed E-state index contributed by atoms with van der Waals surface area (Å²) in [7, 11) is 0. The SMILES string of the molecule is O=C(NC1(CO)CCOCC1)c1cnc(Cl)cn1. The lowest BCUT2D eigenvalue weighted by molar-refractivity contribution is 0.0124. The minimum Gasteiger partial charge on any atom is -0.394 e. The van der Waals surface area contributed by atoms with Crippen molar-refractivity contribution in [3.8, 4) is 0 Å². The molecule has 1 aromatic rings. The zero-order chi connectivity index (χ0) is 13.0. The highest BCUT2D eigenvalue weighted by atomic mass is 35.5. The Morgan fingerprint density at radius 3 is 2.72 bits per heavy atom. The normalized spacial score (nSPS) is 18.3. The monoisotopic (exact) mass is 271 g/mol. The third-order valence-electron chi connectivity index (χ3n) is 2.98. The molecule has 0 saturated carbocycles. The average Bonchev–Trinajstić information content (AvgIpc) is 2.40. The van der Waals surface area contributed by atoms with Gasteiger partial charge in [0.05, 0.1) is 24.5 Å². The van der Waals surface area contributed by atoms with E-state index < -0.39 is 5.54 Å². The van der Waals surface area contributed by atoms with E-state index in [0.717, 1.165) is 0 Å². The minimum absolute atomic E-state index is 0.122. The molecule has 1 fully saturated rings. The lowest BCUT2D eigenvalue weighted by Gasteiger charge is -2.36. The fraction of sp³-hybridized carbons (Fsp3) is 0.545. The van der Waals surface area contributed by atoms with Gasteiger partial charge in [0, 0.05) is 13.2 Å². The van der Waals surface area contributed by atoms with E-state index in [2.05, 4.69) is 15.3 Å². The Labute approximate surface area is 109 Å². The Bertz CT molecular complexity index is 418. The highest BCUT2D eigenvalue weighted by molar-refractivity contribution is 6.29. The molecule has 0 unspecified atom stereocenters. The smallest absolute Gasteiger partial charge is 0.271 e. The van der Waals surface area contributed by atoms with Crippen LogP contribution in [0.25, 0.3) is 0 Å². The van der Waals surface area contributed by atoms with Crippen molar-refractivity contribution in [1.82, 2.24) is 15.3 Å². The molecule has 1 aliphatic rings. The number of hydrogen-bond donors (Lipinski definition) is 2. The molecule has 0 bridgehead atoms. The summed E-state index contributed by atoms with van der Waals surface area (Å²) in [5.74, 6) is -0.366. The van der Waals surface area contributed by atoms with Crippen molar-refractivity contribution in [3.63, 3.8) is 0 Å². The van der Waals surface area contributed by atoms with Crippen LogP contribution in [0.2, 0.25) is 5.15 Å². The molecule has 0 aromatic carbocycles. The van der Waals surface area contributed by atoms with Crippen LogP contribution >= 0.6 is 11.6 Å². The topological polar surface area (TPSA) is 84.3 Å². The number of nitrogens with zero attached hydrogens (tertiary/aromatic N) is 2. The molecule has 1 aromatic heterocycles. The number of hydrogen-bond acceptors (Lipinski definition) is 5. The highest BCUT2D eigenvalue weighted by Crippen LogP contribution is 2.20. The van der Waals surface area contributed by atoms with Crippen molar-refractivity contribution >= 4 is 17.5 Å². The number of halogens is 1. The van der Waals surface area contributed by atoms with Gasteiger partial charge in [-0.1, -0.05) is 11.6 Å². The lowest BCUT2D eigenvalue weighted by atomic mass is 9.91. The second-order valence-corrected chi connectivity index (χ2v) is 4.62. The zero-order valence-electron chi connectivity index (χ0n) is 9.73. The molecular weight excluding hydrogens is 258 g/mol. The quantitative estimate of drug-likeness (QED) is 0.831. The standard InChI is InChI=1S/C11H14ClN3O3/c12-9-6-13-8(5-14-9)10(17)15-11(7-16)1-3-18-4-2-11/h5-6,16H,1-4,7H2,(H,15,17). The van der Waals surface area contributed by atoms with Crippen LogP contribution in [-0.4, -0.2) is 46.3 Å². The molecule has 2 heterocycles. The Balaban J connectivity index is 2.07. The van der Waals surface area contributed by atoms with E-state index in [4.69, 9.17) is 16.3 Å². The Morgan fingerprint density at radius 2 is 2.17 bits per heavy atom. The largest absolute Gasteiger partial charge is 0.394 e. The summed E-state index contributed by atoms with van der Waals surface area (Å²) in [6.07, 6.45) is 3.78. The Hall–Kier alpha value is -1.24. The number of ether oxygens (including phenoxy) is 1.